The lowest BCUT2D eigenvalue weighted by Crippen LogP contribution is -2.10. The molecule has 0 radical (unpaired) electrons. The van der Waals surface area contributed by atoms with Crippen molar-refractivity contribution in [1.29, 1.82) is 5.41 Å². The summed E-state index contributed by atoms with van der Waals surface area (Å²) in [7, 11) is 2.02. The third kappa shape index (κ3) is 6.14. The summed E-state index contributed by atoms with van der Waals surface area (Å²) < 4.78 is 2.14. The zero-order chi connectivity index (χ0) is 25.9. The summed E-state index contributed by atoms with van der Waals surface area (Å²) in [5.41, 5.74) is 11.6. The Bertz CT molecular complexity index is 1730. The fraction of sp³-hybridized carbons (Fsp3) is 0.0690. The molecule has 0 atom stereocenters. The smallest absolute Gasteiger partial charge is 0.221 e. The summed E-state index contributed by atoms with van der Waals surface area (Å²) in [5, 5.41) is 25.7. The second kappa shape index (κ2) is 12.3. The number of nitrogens with zero attached hydrogens (tertiary/aromatic N) is 4. The molecule has 1 aliphatic carbocycles. The fourth-order valence-electron chi connectivity index (χ4n) is 4.45. The number of halogens is 2. The van der Waals surface area contributed by atoms with E-state index in [2.05, 4.69) is 37.5 Å². The number of fused-ring (bicyclic) bond motifs is 3. The van der Waals surface area contributed by atoms with Gasteiger partial charge in [0.2, 0.25) is 5.91 Å². The predicted molar refractivity (Wildman–Crippen MR) is 161 cm³/mol. The number of rotatable bonds is 5. The summed E-state index contributed by atoms with van der Waals surface area (Å²) in [5.74, 6) is -0.138. The molecular weight excluding hydrogens is 533 g/mol. The van der Waals surface area contributed by atoms with Crippen molar-refractivity contribution in [1.82, 2.24) is 4.57 Å². The zero-order valence-electron chi connectivity index (χ0n) is 21.3. The van der Waals surface area contributed by atoms with Gasteiger partial charge in [-0.1, -0.05) is 54.6 Å². The number of nitrogen functional groups attached to an aromatic ring is 1. The molecule has 4 N–H and O–H groups in total. The van der Waals surface area contributed by atoms with Crippen LogP contribution in [0.4, 0.5) is 11.4 Å². The molecule has 0 aromatic heterocycles. The van der Waals surface area contributed by atoms with Crippen molar-refractivity contribution in [3.8, 4) is 22.5 Å². The van der Waals surface area contributed by atoms with Crippen molar-refractivity contribution in [3.63, 3.8) is 0 Å². The van der Waals surface area contributed by atoms with Gasteiger partial charge in [-0.25, -0.2) is 0 Å². The van der Waals surface area contributed by atoms with E-state index in [0.29, 0.717) is 16.6 Å². The number of carbonyl (C=O) groups excluding carboxylic acids is 1. The Balaban J connectivity index is 0.00000210. The molecule has 198 valence electrons. The largest absolute Gasteiger partial charge is 0.384 e. The summed E-state index contributed by atoms with van der Waals surface area (Å²) in [6.07, 6.45) is 0. The van der Waals surface area contributed by atoms with E-state index in [1.54, 1.807) is 24.3 Å². The van der Waals surface area contributed by atoms with Crippen LogP contribution in [-0.2, 0) is 11.8 Å². The molecule has 1 heterocycles. The minimum absolute atomic E-state index is 0. The van der Waals surface area contributed by atoms with Gasteiger partial charge < -0.3 is 15.6 Å². The second-order valence-electron chi connectivity index (χ2n) is 8.67. The van der Waals surface area contributed by atoms with Gasteiger partial charge in [-0.15, -0.1) is 35.0 Å². The van der Waals surface area contributed by atoms with Crippen LogP contribution in [0.2, 0.25) is 0 Å². The van der Waals surface area contributed by atoms with Crippen molar-refractivity contribution < 1.29 is 4.79 Å². The molecule has 10 heteroatoms. The van der Waals surface area contributed by atoms with E-state index in [1.807, 2.05) is 61.6 Å². The monoisotopic (exact) mass is 559 g/mol. The highest BCUT2D eigenvalue weighted by Gasteiger charge is 2.17. The van der Waals surface area contributed by atoms with E-state index < -0.39 is 0 Å². The van der Waals surface area contributed by atoms with Crippen molar-refractivity contribution >= 4 is 58.7 Å². The van der Waals surface area contributed by atoms with Crippen LogP contribution in [0.25, 0.3) is 33.3 Å². The fourth-order valence-corrected chi connectivity index (χ4v) is 4.45. The average Bonchev–Trinajstić information content (AvgIpc) is 2.89. The highest BCUT2D eigenvalue weighted by atomic mass is 35.5. The zero-order valence-corrected chi connectivity index (χ0v) is 22.9. The van der Waals surface area contributed by atoms with Gasteiger partial charge in [-0.2, -0.15) is 0 Å². The van der Waals surface area contributed by atoms with Gasteiger partial charge >= 0.3 is 0 Å². The molecule has 0 spiro atoms. The maximum Gasteiger partial charge on any atom is 0.221 e. The van der Waals surface area contributed by atoms with Gasteiger partial charge in [0.25, 0.3) is 0 Å². The number of carbonyl (C=O) groups is 1. The summed E-state index contributed by atoms with van der Waals surface area (Å²) >= 11 is 0. The molecule has 3 aromatic carbocycles. The normalized spacial score (nSPS) is 11.3. The Hall–Kier alpha value is -4.53. The third-order valence-electron chi connectivity index (χ3n) is 6.09. The number of hydrogen-bond acceptors (Lipinski definition) is 4. The van der Waals surface area contributed by atoms with Crippen molar-refractivity contribution in [2.24, 2.45) is 28.2 Å². The molecule has 0 unspecified atom stereocenters. The average molecular weight is 560 g/mol. The molecule has 3 aromatic rings. The van der Waals surface area contributed by atoms with Crippen LogP contribution >= 0.6 is 24.8 Å². The molecule has 0 fully saturated rings. The van der Waals surface area contributed by atoms with Gasteiger partial charge in [-0.05, 0) is 52.6 Å². The lowest BCUT2D eigenvalue weighted by Gasteiger charge is -2.22. The molecule has 2 aliphatic rings. The first-order chi connectivity index (χ1) is 17.9. The molecule has 0 bridgehead atoms. The van der Waals surface area contributed by atoms with Crippen molar-refractivity contribution in [2.45, 2.75) is 6.92 Å². The van der Waals surface area contributed by atoms with Crippen LogP contribution in [-0.4, -0.2) is 16.3 Å². The predicted octanol–water partition coefficient (Wildman–Crippen LogP) is 6.64. The molecule has 39 heavy (non-hydrogen) atoms. The Morgan fingerprint density at radius 1 is 0.897 bits per heavy atom. The van der Waals surface area contributed by atoms with Crippen LogP contribution < -0.4 is 16.4 Å². The standard InChI is InChI=1S/C29H25N7O.2ClH/c1-18(37)32-21-11-13-24-25-14-12-23(34-35-33-22-10-6-9-20(15-22)29(30)31)17-27(25)36(2)28(26(24)16-21)19-7-4-3-5-8-19;;/h3-17H,1-2H3,(H3,30,31)(H,32,37);2*1H/b34-23+,35-33?;;. The van der Waals surface area contributed by atoms with Crippen LogP contribution in [0.1, 0.15) is 12.5 Å². The van der Waals surface area contributed by atoms with Gasteiger partial charge in [-0.3, -0.25) is 10.2 Å². The lowest BCUT2D eigenvalue weighted by molar-refractivity contribution is -0.114. The van der Waals surface area contributed by atoms with E-state index in [-0.39, 0.29) is 36.6 Å². The lowest BCUT2D eigenvalue weighted by atomic mass is 9.95. The molecular formula is C29H27Cl2N7O. The number of nitrogens with one attached hydrogen (secondary N) is 2. The first kappa shape index (κ1) is 29.0. The topological polar surface area (TPSA) is 121 Å². The molecule has 0 saturated heterocycles. The molecule has 1 amide bonds. The Morgan fingerprint density at radius 2 is 1.67 bits per heavy atom. The Morgan fingerprint density at radius 3 is 2.38 bits per heavy atom. The third-order valence-corrected chi connectivity index (χ3v) is 6.09. The van der Waals surface area contributed by atoms with Crippen LogP contribution in [0, 0.1) is 5.41 Å². The van der Waals surface area contributed by atoms with Gasteiger partial charge in [0.15, 0.2) is 0 Å². The van der Waals surface area contributed by atoms with E-state index in [1.165, 1.54) is 6.92 Å². The van der Waals surface area contributed by atoms with Crippen LogP contribution in [0.15, 0.2) is 106 Å². The van der Waals surface area contributed by atoms with Gasteiger partial charge in [0, 0.05) is 36.2 Å². The number of nitrogens with two attached hydrogens (primary N) is 1. The summed E-state index contributed by atoms with van der Waals surface area (Å²) in [6, 6.07) is 29.0. The molecule has 1 aliphatic heterocycles. The number of aromatic nitrogens is 1. The summed E-state index contributed by atoms with van der Waals surface area (Å²) in [6.45, 7) is 1.51. The van der Waals surface area contributed by atoms with Gasteiger partial charge in [0.1, 0.15) is 5.84 Å². The SMILES string of the molecule is CC(=O)Nc1ccc2c3cc/c(=N\N=Nc4cccc(C(=N)N)c4)cc-3n(C)c(-c3ccccc3)c2c1.Cl.Cl. The van der Waals surface area contributed by atoms with E-state index >= 15 is 0 Å². The number of hydrogen-bond donors (Lipinski definition) is 3. The minimum Gasteiger partial charge on any atom is -0.384 e. The number of pyridine rings is 1. The maximum atomic E-state index is 11.7. The minimum atomic E-state index is -0.112. The Kier molecular flexibility index (Phi) is 9.19. The first-order valence-corrected chi connectivity index (χ1v) is 11.7. The second-order valence-corrected chi connectivity index (χ2v) is 8.67. The number of benzene rings is 4. The van der Waals surface area contributed by atoms with Gasteiger partial charge in [0.05, 0.1) is 22.4 Å². The van der Waals surface area contributed by atoms with Crippen LogP contribution in [0.5, 0.6) is 0 Å². The highest BCUT2D eigenvalue weighted by Crippen LogP contribution is 2.38. The molecule has 8 nitrogen and oxygen atoms in total. The van der Waals surface area contributed by atoms with E-state index in [9.17, 15) is 4.79 Å². The quantitative estimate of drug-likeness (QED) is 0.0734. The number of amides is 1. The highest BCUT2D eigenvalue weighted by molar-refractivity contribution is 6.06. The van der Waals surface area contributed by atoms with Crippen molar-refractivity contribution in [2.75, 3.05) is 5.32 Å². The van der Waals surface area contributed by atoms with Crippen molar-refractivity contribution in [3.05, 3.63) is 102 Å². The number of amidine groups is 1. The molecule has 0 saturated carbocycles. The Labute approximate surface area is 238 Å². The summed E-state index contributed by atoms with van der Waals surface area (Å²) in [4.78, 5) is 11.7. The number of anilines is 1. The maximum absolute atomic E-state index is 11.7. The van der Waals surface area contributed by atoms with E-state index in [0.717, 1.165) is 39.0 Å². The molecule has 5 rings (SSSR count). The van der Waals surface area contributed by atoms with Crippen LogP contribution in [0.3, 0.4) is 0 Å². The first-order valence-electron chi connectivity index (χ1n) is 11.7. The van der Waals surface area contributed by atoms with E-state index in [4.69, 9.17) is 11.1 Å².